The fraction of sp³-hybridized carbons (Fsp3) is 0.588. The molecular formula is C17H26N2O4S. The van der Waals surface area contributed by atoms with Gasteiger partial charge in [-0.15, -0.1) is 0 Å². The summed E-state index contributed by atoms with van der Waals surface area (Å²) in [5.74, 6) is 0.685. The van der Waals surface area contributed by atoms with Gasteiger partial charge < -0.3 is 9.64 Å². The molecular weight excluding hydrogens is 328 g/mol. The van der Waals surface area contributed by atoms with Crippen molar-refractivity contribution in [1.29, 1.82) is 0 Å². The number of carbonyl (C=O) groups excluding carboxylic acids is 1. The van der Waals surface area contributed by atoms with E-state index in [-0.39, 0.29) is 5.91 Å². The predicted molar refractivity (Wildman–Crippen MR) is 92.8 cm³/mol. The van der Waals surface area contributed by atoms with Gasteiger partial charge in [0.25, 0.3) is 0 Å². The molecule has 0 saturated carbocycles. The van der Waals surface area contributed by atoms with Crippen LogP contribution in [0.5, 0.6) is 5.75 Å². The highest BCUT2D eigenvalue weighted by Crippen LogP contribution is 2.32. The lowest BCUT2D eigenvalue weighted by Gasteiger charge is -2.24. The summed E-state index contributed by atoms with van der Waals surface area (Å²) in [4.78, 5) is 13.6. The molecule has 0 aromatic heterocycles. The van der Waals surface area contributed by atoms with Gasteiger partial charge in [-0.3, -0.25) is 4.79 Å². The summed E-state index contributed by atoms with van der Waals surface area (Å²) in [6.45, 7) is 8.78. The van der Waals surface area contributed by atoms with E-state index in [0.717, 1.165) is 11.1 Å². The third kappa shape index (κ3) is 3.42. The van der Waals surface area contributed by atoms with Gasteiger partial charge in [-0.2, -0.15) is 4.31 Å². The van der Waals surface area contributed by atoms with Crippen LogP contribution in [0.1, 0.15) is 30.0 Å². The summed E-state index contributed by atoms with van der Waals surface area (Å²) in [7, 11) is -2.02. The number of aryl methyl sites for hydroxylation is 1. The largest absolute Gasteiger partial charge is 0.496 e. The van der Waals surface area contributed by atoms with E-state index in [1.54, 1.807) is 25.0 Å². The van der Waals surface area contributed by atoms with Crippen LogP contribution < -0.4 is 4.74 Å². The summed E-state index contributed by atoms with van der Waals surface area (Å²) < 4.78 is 33.2. The van der Waals surface area contributed by atoms with Gasteiger partial charge in [0.2, 0.25) is 15.9 Å². The van der Waals surface area contributed by atoms with E-state index in [0.29, 0.717) is 48.8 Å². The average molecular weight is 354 g/mol. The van der Waals surface area contributed by atoms with Crippen LogP contribution in [0, 0.1) is 20.8 Å². The zero-order valence-electron chi connectivity index (χ0n) is 15.0. The third-order valence-electron chi connectivity index (χ3n) is 4.70. The SMILES string of the molecule is COc1cc(C)c(S(=O)(=O)N2CCCN(C(C)=O)CC2)c(C)c1C. The minimum atomic E-state index is -3.60. The van der Waals surface area contributed by atoms with Gasteiger partial charge in [0, 0.05) is 33.1 Å². The molecule has 6 nitrogen and oxygen atoms in total. The van der Waals surface area contributed by atoms with Gasteiger partial charge in [0.15, 0.2) is 0 Å². The smallest absolute Gasteiger partial charge is 0.243 e. The Morgan fingerprint density at radius 2 is 1.75 bits per heavy atom. The van der Waals surface area contributed by atoms with Gasteiger partial charge in [-0.1, -0.05) is 0 Å². The predicted octanol–water partition coefficient (Wildman–Crippen LogP) is 1.86. The molecule has 1 aromatic rings. The van der Waals surface area contributed by atoms with Crippen molar-refractivity contribution in [3.8, 4) is 5.75 Å². The molecule has 1 aromatic carbocycles. The lowest BCUT2D eigenvalue weighted by Crippen LogP contribution is -2.37. The van der Waals surface area contributed by atoms with E-state index in [9.17, 15) is 13.2 Å². The van der Waals surface area contributed by atoms with E-state index in [1.807, 2.05) is 13.8 Å². The van der Waals surface area contributed by atoms with Crippen LogP contribution in [0.4, 0.5) is 0 Å². The van der Waals surface area contributed by atoms with Crippen LogP contribution in [0.25, 0.3) is 0 Å². The summed E-state index contributed by atoms with van der Waals surface area (Å²) in [5.41, 5.74) is 2.24. The number of hydrogen-bond acceptors (Lipinski definition) is 4. The van der Waals surface area contributed by atoms with Crippen LogP contribution in [0.3, 0.4) is 0 Å². The first kappa shape index (κ1) is 18.7. The molecule has 2 rings (SSSR count). The first-order chi connectivity index (χ1) is 11.2. The molecule has 7 heteroatoms. The van der Waals surface area contributed by atoms with Crippen molar-refractivity contribution in [2.24, 2.45) is 0 Å². The van der Waals surface area contributed by atoms with Crippen LogP contribution in [-0.2, 0) is 14.8 Å². The maximum Gasteiger partial charge on any atom is 0.243 e. The highest BCUT2D eigenvalue weighted by molar-refractivity contribution is 7.89. The number of benzene rings is 1. The van der Waals surface area contributed by atoms with Gasteiger partial charge in [-0.25, -0.2) is 8.42 Å². The van der Waals surface area contributed by atoms with E-state index in [4.69, 9.17) is 4.74 Å². The van der Waals surface area contributed by atoms with Crippen molar-refractivity contribution < 1.29 is 17.9 Å². The molecule has 134 valence electrons. The monoisotopic (exact) mass is 354 g/mol. The topological polar surface area (TPSA) is 66.9 Å². The molecule has 1 amide bonds. The molecule has 0 N–H and O–H groups in total. The molecule has 1 aliphatic rings. The fourth-order valence-corrected chi connectivity index (χ4v) is 5.16. The Hall–Kier alpha value is -1.60. The Labute approximate surface area is 144 Å². The molecule has 0 aliphatic carbocycles. The Morgan fingerprint density at radius 1 is 1.08 bits per heavy atom. The average Bonchev–Trinajstić information content (AvgIpc) is 2.77. The van der Waals surface area contributed by atoms with Crippen LogP contribution in [0.2, 0.25) is 0 Å². The van der Waals surface area contributed by atoms with Crippen LogP contribution in [0.15, 0.2) is 11.0 Å². The van der Waals surface area contributed by atoms with Crippen molar-refractivity contribution in [3.63, 3.8) is 0 Å². The minimum absolute atomic E-state index is 0.0121. The molecule has 1 aliphatic heterocycles. The van der Waals surface area contributed by atoms with Gasteiger partial charge in [0.1, 0.15) is 5.75 Å². The molecule has 1 saturated heterocycles. The summed E-state index contributed by atoms with van der Waals surface area (Å²) in [6.07, 6.45) is 0.645. The summed E-state index contributed by atoms with van der Waals surface area (Å²) in [5, 5.41) is 0. The molecule has 1 fully saturated rings. The molecule has 1 heterocycles. The second-order valence-electron chi connectivity index (χ2n) is 6.24. The van der Waals surface area contributed by atoms with Crippen molar-refractivity contribution in [2.75, 3.05) is 33.3 Å². The second-order valence-corrected chi connectivity index (χ2v) is 8.11. The number of nitrogens with zero attached hydrogens (tertiary/aromatic N) is 2. The highest BCUT2D eigenvalue weighted by atomic mass is 32.2. The number of ether oxygens (including phenoxy) is 1. The Morgan fingerprint density at radius 3 is 2.33 bits per heavy atom. The highest BCUT2D eigenvalue weighted by Gasteiger charge is 2.31. The molecule has 0 radical (unpaired) electrons. The third-order valence-corrected chi connectivity index (χ3v) is 6.89. The minimum Gasteiger partial charge on any atom is -0.496 e. The zero-order valence-corrected chi connectivity index (χ0v) is 15.9. The van der Waals surface area contributed by atoms with E-state index in [1.165, 1.54) is 11.2 Å². The van der Waals surface area contributed by atoms with E-state index < -0.39 is 10.0 Å². The molecule has 0 unspecified atom stereocenters. The Kier molecular flexibility index (Phi) is 5.55. The molecule has 0 bridgehead atoms. The van der Waals surface area contributed by atoms with Crippen molar-refractivity contribution in [2.45, 2.75) is 39.0 Å². The Bertz CT molecular complexity index is 743. The normalized spacial score (nSPS) is 16.8. The maximum absolute atomic E-state index is 13.2. The molecule has 0 atom stereocenters. The van der Waals surface area contributed by atoms with Gasteiger partial charge in [0.05, 0.1) is 12.0 Å². The maximum atomic E-state index is 13.2. The number of carbonyl (C=O) groups is 1. The van der Waals surface area contributed by atoms with Crippen molar-refractivity contribution >= 4 is 15.9 Å². The first-order valence-electron chi connectivity index (χ1n) is 8.10. The zero-order chi connectivity index (χ0) is 18.1. The summed E-state index contributed by atoms with van der Waals surface area (Å²) in [6, 6.07) is 1.77. The van der Waals surface area contributed by atoms with Crippen LogP contribution >= 0.6 is 0 Å². The van der Waals surface area contributed by atoms with E-state index >= 15 is 0 Å². The number of amides is 1. The van der Waals surface area contributed by atoms with Crippen molar-refractivity contribution in [3.05, 3.63) is 22.8 Å². The lowest BCUT2D eigenvalue weighted by atomic mass is 10.1. The second kappa shape index (κ2) is 7.11. The van der Waals surface area contributed by atoms with Crippen LogP contribution in [-0.4, -0.2) is 56.8 Å². The standard InChI is InChI=1S/C17H26N2O4S/c1-12-11-16(23-5)13(2)14(3)17(12)24(21,22)19-8-6-7-18(9-10-19)15(4)20/h11H,6-10H2,1-5H3. The van der Waals surface area contributed by atoms with Gasteiger partial charge >= 0.3 is 0 Å². The fourth-order valence-electron chi connectivity index (χ4n) is 3.21. The quantitative estimate of drug-likeness (QED) is 0.831. The van der Waals surface area contributed by atoms with E-state index in [2.05, 4.69) is 0 Å². The van der Waals surface area contributed by atoms with Crippen molar-refractivity contribution in [1.82, 2.24) is 9.21 Å². The molecule has 24 heavy (non-hydrogen) atoms. The van der Waals surface area contributed by atoms with Gasteiger partial charge in [-0.05, 0) is 49.9 Å². The number of methoxy groups -OCH3 is 1. The lowest BCUT2D eigenvalue weighted by molar-refractivity contribution is -0.128. The molecule has 0 spiro atoms. The number of hydrogen-bond donors (Lipinski definition) is 0. The number of rotatable bonds is 3. The number of sulfonamides is 1. The Balaban J connectivity index is 2.41. The first-order valence-corrected chi connectivity index (χ1v) is 9.54. The summed E-state index contributed by atoms with van der Waals surface area (Å²) >= 11 is 0.